The van der Waals surface area contributed by atoms with Crippen LogP contribution in [0.1, 0.15) is 5.56 Å². The second-order valence-electron chi connectivity index (χ2n) is 3.54. The second-order valence-corrected chi connectivity index (χ2v) is 5.39. The van der Waals surface area contributed by atoms with Gasteiger partial charge < -0.3 is 0 Å². The molecule has 0 fully saturated rings. The van der Waals surface area contributed by atoms with E-state index in [1.807, 2.05) is 18.2 Å². The summed E-state index contributed by atoms with van der Waals surface area (Å²) in [4.78, 5) is 0.603. The molecule has 1 atom stereocenters. The number of hydrogen-bond donors (Lipinski definition) is 0. The van der Waals surface area contributed by atoms with Gasteiger partial charge in [-0.1, -0.05) is 29.8 Å². The Morgan fingerprint density at radius 1 is 1.06 bits per heavy atom. The summed E-state index contributed by atoms with van der Waals surface area (Å²) in [6, 6.07) is 12.9. The standard InChI is InChI=1S/C13H10ClFOS/c14-13-4-2-1-3-10(13)9-17(16)12-7-5-11(15)6-8-12/h1-8H,9H2. The molecule has 1 nitrogen and oxygen atoms in total. The van der Waals surface area contributed by atoms with Gasteiger partial charge in [-0.25, -0.2) is 4.39 Å². The van der Waals surface area contributed by atoms with Gasteiger partial charge in [0.15, 0.2) is 0 Å². The fourth-order valence-corrected chi connectivity index (χ4v) is 2.85. The number of hydrogen-bond acceptors (Lipinski definition) is 1. The van der Waals surface area contributed by atoms with Crippen LogP contribution < -0.4 is 0 Å². The molecule has 0 saturated heterocycles. The van der Waals surface area contributed by atoms with Gasteiger partial charge in [0.05, 0.1) is 16.6 Å². The molecule has 17 heavy (non-hydrogen) atoms. The van der Waals surface area contributed by atoms with Gasteiger partial charge in [0, 0.05) is 9.92 Å². The van der Waals surface area contributed by atoms with E-state index in [4.69, 9.17) is 11.6 Å². The van der Waals surface area contributed by atoms with Crippen LogP contribution in [0.25, 0.3) is 0 Å². The number of rotatable bonds is 3. The van der Waals surface area contributed by atoms with Crippen molar-refractivity contribution in [3.63, 3.8) is 0 Å². The summed E-state index contributed by atoms with van der Waals surface area (Å²) in [6.45, 7) is 0. The first-order chi connectivity index (χ1) is 8.16. The molecule has 0 bridgehead atoms. The lowest BCUT2D eigenvalue weighted by Crippen LogP contribution is -1.97. The second kappa shape index (κ2) is 5.43. The van der Waals surface area contributed by atoms with Gasteiger partial charge in [-0.15, -0.1) is 0 Å². The summed E-state index contributed by atoms with van der Waals surface area (Å²) in [6.07, 6.45) is 0. The molecular weight excluding hydrogens is 259 g/mol. The van der Waals surface area contributed by atoms with E-state index in [2.05, 4.69) is 0 Å². The molecule has 0 aliphatic heterocycles. The predicted octanol–water partition coefficient (Wildman–Crippen LogP) is 3.79. The van der Waals surface area contributed by atoms with Crippen LogP contribution in [0.5, 0.6) is 0 Å². The van der Waals surface area contributed by atoms with E-state index < -0.39 is 10.8 Å². The molecule has 0 heterocycles. The molecule has 2 aromatic carbocycles. The van der Waals surface area contributed by atoms with Gasteiger partial charge in [-0.2, -0.15) is 0 Å². The van der Waals surface area contributed by atoms with Crippen molar-refractivity contribution in [2.45, 2.75) is 10.6 Å². The van der Waals surface area contributed by atoms with Crippen LogP contribution in [0, 0.1) is 5.82 Å². The lowest BCUT2D eigenvalue weighted by atomic mass is 10.2. The lowest BCUT2D eigenvalue weighted by Gasteiger charge is -2.04. The molecule has 0 aromatic heterocycles. The Kier molecular flexibility index (Phi) is 3.92. The van der Waals surface area contributed by atoms with Crippen LogP contribution >= 0.6 is 11.6 Å². The Balaban J connectivity index is 2.17. The van der Waals surface area contributed by atoms with Crippen molar-refractivity contribution in [2.24, 2.45) is 0 Å². The number of halogens is 2. The Labute approximate surface area is 107 Å². The SMILES string of the molecule is O=S(Cc1ccccc1Cl)c1ccc(F)cc1. The van der Waals surface area contributed by atoms with E-state index in [0.29, 0.717) is 15.7 Å². The summed E-state index contributed by atoms with van der Waals surface area (Å²) < 4.78 is 24.7. The monoisotopic (exact) mass is 268 g/mol. The Morgan fingerprint density at radius 2 is 1.71 bits per heavy atom. The molecule has 0 N–H and O–H groups in total. The molecule has 2 aromatic rings. The van der Waals surface area contributed by atoms with E-state index in [1.165, 1.54) is 24.3 Å². The fourth-order valence-electron chi connectivity index (χ4n) is 1.43. The topological polar surface area (TPSA) is 17.1 Å². The molecule has 0 aliphatic carbocycles. The van der Waals surface area contributed by atoms with Crippen molar-refractivity contribution in [1.29, 1.82) is 0 Å². The van der Waals surface area contributed by atoms with Crippen molar-refractivity contribution < 1.29 is 8.60 Å². The summed E-state index contributed by atoms with van der Waals surface area (Å²) in [5.41, 5.74) is 0.830. The van der Waals surface area contributed by atoms with Crippen LogP contribution in [-0.4, -0.2) is 4.21 Å². The zero-order valence-corrected chi connectivity index (χ0v) is 10.5. The third kappa shape index (κ3) is 3.14. The van der Waals surface area contributed by atoms with Crippen LogP contribution in [-0.2, 0) is 16.6 Å². The molecule has 88 valence electrons. The molecule has 2 rings (SSSR count). The third-order valence-electron chi connectivity index (χ3n) is 2.32. The smallest absolute Gasteiger partial charge is 0.123 e. The van der Waals surface area contributed by atoms with E-state index >= 15 is 0 Å². The molecule has 0 amide bonds. The average molecular weight is 269 g/mol. The van der Waals surface area contributed by atoms with E-state index in [-0.39, 0.29) is 5.82 Å². The molecule has 0 radical (unpaired) electrons. The third-order valence-corrected chi connectivity index (χ3v) is 4.06. The Hall–Kier alpha value is -1.19. The minimum atomic E-state index is -1.20. The fraction of sp³-hybridized carbons (Fsp3) is 0.0769. The van der Waals surface area contributed by atoms with Crippen LogP contribution in [0.15, 0.2) is 53.4 Å². The molecule has 0 spiro atoms. The van der Waals surface area contributed by atoms with Crippen LogP contribution in [0.3, 0.4) is 0 Å². The first kappa shape index (κ1) is 12.3. The zero-order valence-electron chi connectivity index (χ0n) is 8.90. The summed E-state index contributed by atoms with van der Waals surface area (Å²) in [5.74, 6) is 0.00850. The van der Waals surface area contributed by atoms with Crippen LogP contribution in [0.4, 0.5) is 4.39 Å². The molecule has 4 heteroatoms. The minimum absolute atomic E-state index is 0.330. The lowest BCUT2D eigenvalue weighted by molar-refractivity contribution is 0.626. The minimum Gasteiger partial charge on any atom is -0.254 e. The first-order valence-electron chi connectivity index (χ1n) is 5.04. The van der Waals surface area contributed by atoms with Gasteiger partial charge in [-0.3, -0.25) is 4.21 Å². The molecular formula is C13H10ClFOS. The van der Waals surface area contributed by atoms with E-state index in [9.17, 15) is 8.60 Å². The Bertz CT molecular complexity index is 539. The zero-order chi connectivity index (χ0) is 12.3. The maximum absolute atomic E-state index is 12.7. The van der Waals surface area contributed by atoms with Gasteiger partial charge >= 0.3 is 0 Å². The van der Waals surface area contributed by atoms with Gasteiger partial charge in [0.1, 0.15) is 5.82 Å². The van der Waals surface area contributed by atoms with Gasteiger partial charge in [0.2, 0.25) is 0 Å². The van der Waals surface area contributed by atoms with Crippen molar-refractivity contribution in [1.82, 2.24) is 0 Å². The summed E-state index contributed by atoms with van der Waals surface area (Å²) >= 11 is 5.99. The quantitative estimate of drug-likeness (QED) is 0.828. The highest BCUT2D eigenvalue weighted by Crippen LogP contribution is 2.19. The normalized spacial score (nSPS) is 12.4. The average Bonchev–Trinajstić information content (AvgIpc) is 2.33. The molecule has 1 unspecified atom stereocenters. The largest absolute Gasteiger partial charge is 0.254 e. The van der Waals surface area contributed by atoms with Crippen molar-refractivity contribution in [3.8, 4) is 0 Å². The van der Waals surface area contributed by atoms with Gasteiger partial charge in [0.25, 0.3) is 0 Å². The number of benzene rings is 2. The Morgan fingerprint density at radius 3 is 2.35 bits per heavy atom. The van der Waals surface area contributed by atoms with E-state index in [0.717, 1.165) is 5.56 Å². The molecule has 0 aliphatic rings. The predicted molar refractivity (Wildman–Crippen MR) is 68.0 cm³/mol. The highest BCUT2D eigenvalue weighted by Gasteiger charge is 2.07. The van der Waals surface area contributed by atoms with Crippen molar-refractivity contribution in [3.05, 3.63) is 64.9 Å². The summed E-state index contributed by atoms with van der Waals surface area (Å²) in [7, 11) is -1.20. The maximum Gasteiger partial charge on any atom is 0.123 e. The van der Waals surface area contributed by atoms with Gasteiger partial charge in [-0.05, 0) is 35.9 Å². The maximum atomic E-state index is 12.7. The van der Waals surface area contributed by atoms with Crippen LogP contribution in [0.2, 0.25) is 5.02 Å². The summed E-state index contributed by atoms with van der Waals surface area (Å²) in [5, 5.41) is 0.600. The first-order valence-corrected chi connectivity index (χ1v) is 6.74. The van der Waals surface area contributed by atoms with E-state index in [1.54, 1.807) is 6.07 Å². The van der Waals surface area contributed by atoms with Crippen molar-refractivity contribution >= 4 is 22.4 Å². The highest BCUT2D eigenvalue weighted by atomic mass is 35.5. The van der Waals surface area contributed by atoms with Crippen molar-refractivity contribution in [2.75, 3.05) is 0 Å². The molecule has 0 saturated carbocycles. The highest BCUT2D eigenvalue weighted by molar-refractivity contribution is 7.84.